The Bertz CT molecular complexity index is 1010. The van der Waals surface area contributed by atoms with Crippen molar-refractivity contribution < 1.29 is 24.1 Å². The molecular weight excluding hydrogens is 394 g/mol. The van der Waals surface area contributed by atoms with E-state index in [4.69, 9.17) is 14.2 Å². The average molecular weight is 419 g/mol. The largest absolute Gasteiger partial charge is 0.492 e. The first kappa shape index (κ1) is 20.9. The highest BCUT2D eigenvalue weighted by atomic mass is 16.5. The highest BCUT2D eigenvalue weighted by Crippen LogP contribution is 2.31. The van der Waals surface area contributed by atoms with Crippen molar-refractivity contribution in [2.75, 3.05) is 26.4 Å². The van der Waals surface area contributed by atoms with E-state index in [9.17, 15) is 9.90 Å². The van der Waals surface area contributed by atoms with Gasteiger partial charge in [0.05, 0.1) is 19.8 Å². The third kappa shape index (κ3) is 5.23. The van der Waals surface area contributed by atoms with Crippen molar-refractivity contribution in [3.63, 3.8) is 0 Å². The molecule has 1 unspecified atom stereocenters. The van der Waals surface area contributed by atoms with Gasteiger partial charge in [0, 0.05) is 17.2 Å². The van der Waals surface area contributed by atoms with Crippen LogP contribution < -0.4 is 9.47 Å². The number of nitrogens with zero attached hydrogens (tertiary/aromatic N) is 1. The van der Waals surface area contributed by atoms with Gasteiger partial charge in [0.1, 0.15) is 24.7 Å². The molecule has 6 heteroatoms. The maximum atomic E-state index is 12.4. The minimum Gasteiger partial charge on any atom is -0.492 e. The quantitative estimate of drug-likeness (QED) is 0.506. The van der Waals surface area contributed by atoms with Crippen LogP contribution in [0.5, 0.6) is 11.5 Å². The van der Waals surface area contributed by atoms with Crippen LogP contribution in [0.2, 0.25) is 0 Å². The molecule has 3 aromatic rings. The van der Waals surface area contributed by atoms with Gasteiger partial charge in [0.15, 0.2) is 6.23 Å². The number of hydrogen-bond donors (Lipinski definition) is 1. The number of rotatable bonds is 10. The summed E-state index contributed by atoms with van der Waals surface area (Å²) in [5.41, 5.74) is 2.31. The maximum absolute atomic E-state index is 12.4. The van der Waals surface area contributed by atoms with Crippen LogP contribution in [0.15, 0.2) is 78.9 Å². The molecule has 0 aromatic heterocycles. The average Bonchev–Trinajstić information content (AvgIpc) is 3.05. The molecule has 0 saturated heterocycles. The van der Waals surface area contributed by atoms with E-state index in [0.717, 1.165) is 5.56 Å². The zero-order valence-electron chi connectivity index (χ0n) is 17.1. The lowest BCUT2D eigenvalue weighted by molar-refractivity contribution is 0.0124. The van der Waals surface area contributed by atoms with Crippen LogP contribution in [-0.2, 0) is 11.3 Å². The van der Waals surface area contributed by atoms with E-state index in [1.807, 2.05) is 54.6 Å². The summed E-state index contributed by atoms with van der Waals surface area (Å²) in [5, 5.41) is 10.4. The van der Waals surface area contributed by atoms with Crippen molar-refractivity contribution in [3.05, 3.63) is 95.6 Å². The molecule has 3 aromatic carbocycles. The van der Waals surface area contributed by atoms with Gasteiger partial charge in [0.2, 0.25) is 0 Å². The molecular formula is C25H25NO5. The SMILES string of the molecule is O=C1c2ccccc2C(O)N1CCOc1cccc(OCCOCc2ccccc2)c1. The van der Waals surface area contributed by atoms with Crippen molar-refractivity contribution >= 4 is 5.91 Å². The second-order valence-electron chi connectivity index (χ2n) is 7.17. The van der Waals surface area contributed by atoms with Crippen LogP contribution in [0.25, 0.3) is 0 Å². The van der Waals surface area contributed by atoms with Crippen molar-refractivity contribution in [1.82, 2.24) is 4.90 Å². The summed E-state index contributed by atoms with van der Waals surface area (Å²) in [6.07, 6.45) is -0.933. The molecule has 1 heterocycles. The number of hydrogen-bond acceptors (Lipinski definition) is 5. The lowest BCUT2D eigenvalue weighted by Gasteiger charge is -2.21. The number of amides is 1. The van der Waals surface area contributed by atoms with E-state index in [2.05, 4.69) is 0 Å². The van der Waals surface area contributed by atoms with E-state index in [1.165, 1.54) is 4.90 Å². The van der Waals surface area contributed by atoms with Crippen molar-refractivity contribution in [1.29, 1.82) is 0 Å². The highest BCUT2D eigenvalue weighted by Gasteiger charge is 2.34. The molecule has 4 rings (SSSR count). The molecule has 0 bridgehead atoms. The Labute approximate surface area is 181 Å². The Morgan fingerprint density at radius 2 is 1.52 bits per heavy atom. The van der Waals surface area contributed by atoms with Crippen LogP contribution in [0.1, 0.15) is 27.7 Å². The van der Waals surface area contributed by atoms with Crippen molar-refractivity contribution in [3.8, 4) is 11.5 Å². The fourth-order valence-corrected chi connectivity index (χ4v) is 3.47. The Hall–Kier alpha value is -3.35. The molecule has 0 radical (unpaired) electrons. The Morgan fingerprint density at radius 1 is 0.806 bits per heavy atom. The first-order valence-electron chi connectivity index (χ1n) is 10.3. The van der Waals surface area contributed by atoms with E-state index in [-0.39, 0.29) is 19.1 Å². The van der Waals surface area contributed by atoms with Crippen LogP contribution in [0.3, 0.4) is 0 Å². The number of carbonyl (C=O) groups excluding carboxylic acids is 1. The lowest BCUT2D eigenvalue weighted by atomic mass is 10.1. The van der Waals surface area contributed by atoms with Crippen molar-refractivity contribution in [2.24, 2.45) is 0 Å². The molecule has 31 heavy (non-hydrogen) atoms. The predicted molar refractivity (Wildman–Crippen MR) is 116 cm³/mol. The summed E-state index contributed by atoms with van der Waals surface area (Å²) >= 11 is 0. The van der Waals surface area contributed by atoms with Crippen molar-refractivity contribution in [2.45, 2.75) is 12.8 Å². The smallest absolute Gasteiger partial charge is 0.256 e. The summed E-state index contributed by atoms with van der Waals surface area (Å²) in [4.78, 5) is 13.9. The summed E-state index contributed by atoms with van der Waals surface area (Å²) < 4.78 is 17.1. The fraction of sp³-hybridized carbons (Fsp3) is 0.240. The Balaban J connectivity index is 1.20. The Morgan fingerprint density at radius 3 is 2.29 bits per heavy atom. The summed E-state index contributed by atoms with van der Waals surface area (Å²) in [7, 11) is 0. The van der Waals surface area contributed by atoms with Crippen LogP contribution in [0.4, 0.5) is 0 Å². The first-order valence-corrected chi connectivity index (χ1v) is 10.3. The fourth-order valence-electron chi connectivity index (χ4n) is 3.47. The monoisotopic (exact) mass is 419 g/mol. The van der Waals surface area contributed by atoms with Crippen LogP contribution in [-0.4, -0.2) is 42.3 Å². The van der Waals surface area contributed by atoms with E-state index in [1.54, 1.807) is 24.3 Å². The predicted octanol–water partition coefficient (Wildman–Crippen LogP) is 3.81. The summed E-state index contributed by atoms with van der Waals surface area (Å²) in [6, 6.07) is 24.4. The second kappa shape index (κ2) is 10.1. The summed E-state index contributed by atoms with van der Waals surface area (Å²) in [5.74, 6) is 1.14. The van der Waals surface area contributed by atoms with Gasteiger partial charge in [-0.05, 0) is 23.8 Å². The molecule has 1 aliphatic rings. The highest BCUT2D eigenvalue weighted by molar-refractivity contribution is 5.98. The summed E-state index contributed by atoms with van der Waals surface area (Å²) in [6.45, 7) is 2.02. The van der Waals surface area contributed by atoms with E-state index < -0.39 is 6.23 Å². The number of fused-ring (bicyclic) bond motifs is 1. The van der Waals surface area contributed by atoms with Gasteiger partial charge in [-0.15, -0.1) is 0 Å². The zero-order valence-corrected chi connectivity index (χ0v) is 17.1. The molecule has 6 nitrogen and oxygen atoms in total. The molecule has 0 saturated carbocycles. The molecule has 1 amide bonds. The molecule has 160 valence electrons. The van der Waals surface area contributed by atoms with Gasteiger partial charge >= 0.3 is 0 Å². The number of benzene rings is 3. The van der Waals surface area contributed by atoms with Gasteiger partial charge in [-0.3, -0.25) is 4.79 Å². The molecule has 0 fully saturated rings. The number of aliphatic hydroxyl groups excluding tert-OH is 1. The van der Waals surface area contributed by atoms with Crippen LogP contribution >= 0.6 is 0 Å². The molecule has 1 atom stereocenters. The minimum absolute atomic E-state index is 0.181. The lowest BCUT2D eigenvalue weighted by Crippen LogP contribution is -2.32. The van der Waals surface area contributed by atoms with Gasteiger partial charge < -0.3 is 24.2 Å². The van der Waals surface area contributed by atoms with Crippen LogP contribution in [0, 0.1) is 0 Å². The third-order valence-corrected chi connectivity index (χ3v) is 5.04. The number of carbonyl (C=O) groups is 1. The first-order chi connectivity index (χ1) is 15.2. The standard InChI is InChI=1S/C25H25NO5/c27-24-22-11-4-5-12-23(22)25(28)26(24)13-14-30-20-9-6-10-21(17-20)31-16-15-29-18-19-7-2-1-3-8-19/h1-12,17,24,27H,13-16,18H2. The normalized spacial score (nSPS) is 15.1. The third-order valence-electron chi connectivity index (χ3n) is 5.04. The molecule has 0 aliphatic carbocycles. The second-order valence-corrected chi connectivity index (χ2v) is 7.17. The van der Waals surface area contributed by atoms with Gasteiger partial charge in [-0.2, -0.15) is 0 Å². The van der Waals surface area contributed by atoms with Gasteiger partial charge in [0.25, 0.3) is 5.91 Å². The minimum atomic E-state index is -0.933. The Kier molecular flexibility index (Phi) is 6.82. The molecule has 0 spiro atoms. The van der Waals surface area contributed by atoms with E-state index in [0.29, 0.717) is 42.4 Å². The maximum Gasteiger partial charge on any atom is 0.256 e. The number of aliphatic hydroxyl groups is 1. The topological polar surface area (TPSA) is 68.2 Å². The molecule has 1 N–H and O–H groups in total. The van der Waals surface area contributed by atoms with Gasteiger partial charge in [-0.1, -0.05) is 54.6 Å². The molecule has 1 aliphatic heterocycles. The van der Waals surface area contributed by atoms with E-state index >= 15 is 0 Å². The number of ether oxygens (including phenoxy) is 3. The zero-order chi connectivity index (χ0) is 21.5. The van der Waals surface area contributed by atoms with Gasteiger partial charge in [-0.25, -0.2) is 0 Å².